The van der Waals surface area contributed by atoms with E-state index in [1.54, 1.807) is 34.1 Å². The van der Waals surface area contributed by atoms with E-state index in [1.807, 2.05) is 24.1 Å². The number of carbonyl (C=O) groups excluding carboxylic acids is 2. The number of halogens is 1. The average Bonchev–Trinajstić information content (AvgIpc) is 3.40. The Kier molecular flexibility index (Phi) is 8.03. The first-order chi connectivity index (χ1) is 17.4. The zero-order chi connectivity index (χ0) is 25.7. The van der Waals surface area contributed by atoms with Crippen LogP contribution in [0.4, 0.5) is 4.39 Å². The molecule has 2 amide bonds. The molecule has 1 aromatic heterocycles. The Morgan fingerprint density at radius 1 is 1.17 bits per heavy atom. The van der Waals surface area contributed by atoms with E-state index in [9.17, 15) is 14.0 Å². The van der Waals surface area contributed by atoms with Gasteiger partial charge in [-0.1, -0.05) is 24.3 Å². The van der Waals surface area contributed by atoms with Gasteiger partial charge in [-0.15, -0.1) is 0 Å². The van der Waals surface area contributed by atoms with Gasteiger partial charge in [-0.2, -0.15) is 5.10 Å². The fourth-order valence-corrected chi connectivity index (χ4v) is 4.98. The van der Waals surface area contributed by atoms with Gasteiger partial charge in [0.1, 0.15) is 6.54 Å². The fourth-order valence-electron chi connectivity index (χ4n) is 4.98. The minimum absolute atomic E-state index is 0.00417. The maximum atomic E-state index is 14.1. The summed E-state index contributed by atoms with van der Waals surface area (Å²) in [5.41, 5.74) is 2.73. The molecule has 2 aromatic carbocycles. The van der Waals surface area contributed by atoms with Crippen LogP contribution in [0.25, 0.3) is 0 Å². The second-order valence-electron chi connectivity index (χ2n) is 9.39. The summed E-state index contributed by atoms with van der Waals surface area (Å²) >= 11 is 0. The predicted molar refractivity (Wildman–Crippen MR) is 135 cm³/mol. The molecule has 0 radical (unpaired) electrons. The molecule has 190 valence electrons. The Morgan fingerprint density at radius 3 is 2.56 bits per heavy atom. The number of rotatable bonds is 8. The number of amides is 2. The third-order valence-corrected chi connectivity index (χ3v) is 7.21. The van der Waals surface area contributed by atoms with Crippen molar-refractivity contribution in [2.24, 2.45) is 5.92 Å². The summed E-state index contributed by atoms with van der Waals surface area (Å²) in [6.07, 6.45) is 5.73. The van der Waals surface area contributed by atoms with E-state index in [0.29, 0.717) is 18.7 Å². The van der Waals surface area contributed by atoms with Crippen molar-refractivity contribution in [2.45, 2.75) is 38.8 Å². The Hall–Kier alpha value is -3.68. The van der Waals surface area contributed by atoms with E-state index in [4.69, 9.17) is 4.74 Å². The fraction of sp³-hybridized carbons (Fsp3) is 0.393. The van der Waals surface area contributed by atoms with Gasteiger partial charge in [-0.25, -0.2) is 4.39 Å². The number of carbonyl (C=O) groups is 2. The molecule has 4 rings (SSSR count). The summed E-state index contributed by atoms with van der Waals surface area (Å²) in [5.74, 6) is -0.383. The van der Waals surface area contributed by atoms with Crippen LogP contribution >= 0.6 is 0 Å². The maximum Gasteiger partial charge on any atom is 0.253 e. The topological polar surface area (TPSA) is 67.7 Å². The number of aryl methyl sites for hydroxylation is 1. The molecule has 1 saturated heterocycles. The van der Waals surface area contributed by atoms with Crippen molar-refractivity contribution >= 4 is 11.8 Å². The molecule has 2 heterocycles. The van der Waals surface area contributed by atoms with Gasteiger partial charge >= 0.3 is 0 Å². The summed E-state index contributed by atoms with van der Waals surface area (Å²) < 4.78 is 20.7. The zero-order valence-corrected chi connectivity index (χ0v) is 21.1. The molecule has 3 aromatic rings. The van der Waals surface area contributed by atoms with Gasteiger partial charge in [0.25, 0.3) is 5.91 Å². The smallest absolute Gasteiger partial charge is 0.253 e. The highest BCUT2D eigenvalue weighted by molar-refractivity contribution is 5.94. The first kappa shape index (κ1) is 25.4. The number of nitrogens with zero attached hydrogens (tertiary/aromatic N) is 4. The molecular formula is C28H33FN4O3. The van der Waals surface area contributed by atoms with E-state index in [1.165, 1.54) is 30.4 Å². The number of piperidine rings is 1. The molecule has 0 bridgehead atoms. The number of benzene rings is 2. The normalized spacial score (nSPS) is 14.9. The van der Waals surface area contributed by atoms with E-state index < -0.39 is 5.82 Å². The van der Waals surface area contributed by atoms with Crippen molar-refractivity contribution in [3.63, 3.8) is 0 Å². The molecule has 0 N–H and O–H groups in total. The number of likely N-dealkylation sites (tertiary alicyclic amines) is 1. The van der Waals surface area contributed by atoms with Crippen LogP contribution in [-0.4, -0.2) is 64.7 Å². The largest absolute Gasteiger partial charge is 0.494 e. The van der Waals surface area contributed by atoms with Crippen LogP contribution in [0.2, 0.25) is 0 Å². The minimum Gasteiger partial charge on any atom is -0.494 e. The third-order valence-electron chi connectivity index (χ3n) is 7.21. The molecule has 1 atom stereocenters. The van der Waals surface area contributed by atoms with Gasteiger partial charge in [-0.3, -0.25) is 14.3 Å². The maximum absolute atomic E-state index is 14.1. The van der Waals surface area contributed by atoms with Crippen LogP contribution in [0.15, 0.2) is 60.9 Å². The highest BCUT2D eigenvalue weighted by Crippen LogP contribution is 2.29. The number of ether oxygens (including phenoxy) is 1. The van der Waals surface area contributed by atoms with Crippen molar-refractivity contribution in [1.29, 1.82) is 0 Å². The number of methoxy groups -OCH3 is 1. The second kappa shape index (κ2) is 11.4. The summed E-state index contributed by atoms with van der Waals surface area (Å²) in [5, 5.41) is 4.17. The number of hydrogen-bond acceptors (Lipinski definition) is 4. The molecule has 1 aliphatic heterocycles. The molecule has 0 spiro atoms. The van der Waals surface area contributed by atoms with Crippen molar-refractivity contribution in [3.8, 4) is 5.75 Å². The lowest BCUT2D eigenvalue weighted by atomic mass is 9.84. The third kappa shape index (κ3) is 5.75. The first-order valence-electron chi connectivity index (χ1n) is 12.3. The minimum atomic E-state index is -0.547. The average molecular weight is 493 g/mol. The van der Waals surface area contributed by atoms with Crippen LogP contribution < -0.4 is 4.74 Å². The summed E-state index contributed by atoms with van der Waals surface area (Å²) in [7, 11) is 3.27. The SMILES string of the molecule is COc1ccc(C(=O)N2CCC([C@H](Cc3ccccc3C)N(C)C(=O)Cn3cccn3)CC2)cc1F. The van der Waals surface area contributed by atoms with Gasteiger partial charge in [0.2, 0.25) is 5.91 Å². The molecule has 0 aliphatic carbocycles. The van der Waals surface area contributed by atoms with E-state index in [0.717, 1.165) is 19.3 Å². The Balaban J connectivity index is 1.47. The summed E-state index contributed by atoms with van der Waals surface area (Å²) in [6, 6.07) is 14.4. The Labute approximate surface area is 211 Å². The lowest BCUT2D eigenvalue weighted by Crippen LogP contribution is -2.49. The molecule has 8 heteroatoms. The highest BCUT2D eigenvalue weighted by atomic mass is 19.1. The van der Waals surface area contributed by atoms with Crippen LogP contribution in [-0.2, 0) is 17.8 Å². The number of hydrogen-bond donors (Lipinski definition) is 0. The van der Waals surface area contributed by atoms with Gasteiger partial charge in [0.15, 0.2) is 11.6 Å². The second-order valence-corrected chi connectivity index (χ2v) is 9.39. The molecule has 7 nitrogen and oxygen atoms in total. The van der Waals surface area contributed by atoms with Crippen LogP contribution in [0.3, 0.4) is 0 Å². The zero-order valence-electron chi connectivity index (χ0n) is 21.1. The van der Waals surface area contributed by atoms with E-state index in [-0.39, 0.29) is 36.1 Å². The van der Waals surface area contributed by atoms with Gasteiger partial charge < -0.3 is 14.5 Å². The lowest BCUT2D eigenvalue weighted by Gasteiger charge is -2.40. The van der Waals surface area contributed by atoms with Gasteiger partial charge in [0, 0.05) is 44.1 Å². The van der Waals surface area contributed by atoms with Crippen molar-refractivity contribution in [1.82, 2.24) is 19.6 Å². The number of aromatic nitrogens is 2. The van der Waals surface area contributed by atoms with Crippen molar-refractivity contribution < 1.29 is 18.7 Å². The molecular weight excluding hydrogens is 459 g/mol. The molecule has 0 unspecified atom stereocenters. The monoisotopic (exact) mass is 492 g/mol. The number of likely N-dealkylation sites (N-methyl/N-ethyl adjacent to an activating group) is 1. The van der Waals surface area contributed by atoms with Gasteiger partial charge in [-0.05, 0) is 67.5 Å². The Bertz CT molecular complexity index is 1190. The summed E-state index contributed by atoms with van der Waals surface area (Å²) in [4.78, 5) is 29.8. The standard InChI is InChI=1S/C28H33FN4O3/c1-20-7-4-5-8-22(20)18-25(31(2)27(34)19-33-14-6-13-30-33)21-11-15-32(16-12-21)28(35)23-9-10-26(36-3)24(29)17-23/h4-10,13-14,17,21,25H,11-12,15-16,18-19H2,1-3H3/t25-/m0/s1. The first-order valence-corrected chi connectivity index (χ1v) is 12.3. The van der Waals surface area contributed by atoms with Crippen molar-refractivity contribution in [2.75, 3.05) is 27.2 Å². The van der Waals surface area contributed by atoms with E-state index >= 15 is 0 Å². The molecule has 36 heavy (non-hydrogen) atoms. The molecule has 0 saturated carbocycles. The molecule has 1 fully saturated rings. The van der Waals surface area contributed by atoms with Crippen LogP contribution in [0.5, 0.6) is 5.75 Å². The van der Waals surface area contributed by atoms with E-state index in [2.05, 4.69) is 24.2 Å². The quantitative estimate of drug-likeness (QED) is 0.477. The summed E-state index contributed by atoms with van der Waals surface area (Å²) in [6.45, 7) is 3.40. The lowest BCUT2D eigenvalue weighted by molar-refractivity contribution is -0.134. The molecule has 1 aliphatic rings. The van der Waals surface area contributed by atoms with Crippen molar-refractivity contribution in [3.05, 3.63) is 83.4 Å². The van der Waals surface area contributed by atoms with Crippen LogP contribution in [0, 0.1) is 18.7 Å². The predicted octanol–water partition coefficient (Wildman–Crippen LogP) is 3.96. The van der Waals surface area contributed by atoms with Crippen LogP contribution in [0.1, 0.15) is 34.3 Å². The highest BCUT2D eigenvalue weighted by Gasteiger charge is 2.33. The van der Waals surface area contributed by atoms with Gasteiger partial charge in [0.05, 0.1) is 7.11 Å². The Morgan fingerprint density at radius 2 is 1.92 bits per heavy atom.